The molecule has 0 radical (unpaired) electrons. The van der Waals surface area contributed by atoms with Crippen molar-refractivity contribution in [2.45, 2.75) is 37.9 Å². The molecule has 1 fully saturated rings. The number of benzene rings is 2. The lowest BCUT2D eigenvalue weighted by molar-refractivity contribution is 0.365. The van der Waals surface area contributed by atoms with E-state index < -0.39 is 0 Å². The largest absolute Gasteiger partial charge is 0.365 e. The molecule has 0 N–H and O–H groups in total. The summed E-state index contributed by atoms with van der Waals surface area (Å²) in [5.41, 5.74) is 2.55. The van der Waals surface area contributed by atoms with E-state index in [9.17, 15) is 0 Å². The van der Waals surface area contributed by atoms with Crippen molar-refractivity contribution < 1.29 is 4.74 Å². The predicted molar refractivity (Wildman–Crippen MR) is 109 cm³/mol. The highest BCUT2D eigenvalue weighted by molar-refractivity contribution is 6.18. The van der Waals surface area contributed by atoms with E-state index in [1.807, 2.05) is 24.3 Å². The van der Waals surface area contributed by atoms with Gasteiger partial charge in [0.2, 0.25) is 0 Å². The summed E-state index contributed by atoms with van der Waals surface area (Å²) in [6.45, 7) is 0. The summed E-state index contributed by atoms with van der Waals surface area (Å²) in [6, 6.07) is 20.7. The van der Waals surface area contributed by atoms with Crippen molar-refractivity contribution in [3.63, 3.8) is 0 Å². The van der Waals surface area contributed by atoms with Crippen LogP contribution in [0, 0.1) is 0 Å². The average Bonchev–Trinajstić information content (AvgIpc) is 3.45. The summed E-state index contributed by atoms with van der Waals surface area (Å²) in [7, 11) is 0. The Labute approximate surface area is 161 Å². The Kier molecular flexibility index (Phi) is 9.73. The number of hydrogen-bond donors (Lipinski definition) is 0. The van der Waals surface area contributed by atoms with E-state index in [0.29, 0.717) is 12.2 Å². The van der Waals surface area contributed by atoms with Gasteiger partial charge in [0.05, 0.1) is 6.10 Å². The maximum absolute atomic E-state index is 5.61. The van der Waals surface area contributed by atoms with E-state index in [-0.39, 0.29) is 0 Å². The van der Waals surface area contributed by atoms with Gasteiger partial charge in [0.25, 0.3) is 0 Å². The van der Waals surface area contributed by atoms with Gasteiger partial charge in [-0.1, -0.05) is 72.8 Å². The van der Waals surface area contributed by atoms with Crippen molar-refractivity contribution in [3.05, 3.63) is 77.9 Å². The maximum Gasteiger partial charge on any atom is 0.109 e. The Morgan fingerprint density at radius 3 is 2.12 bits per heavy atom. The van der Waals surface area contributed by atoms with E-state index >= 15 is 0 Å². The molecule has 2 aromatic carbocycles. The van der Waals surface area contributed by atoms with Crippen molar-refractivity contribution in [1.29, 1.82) is 0 Å². The molecule has 3 rings (SSSR count). The van der Waals surface area contributed by atoms with Crippen LogP contribution in [-0.4, -0.2) is 17.9 Å². The number of hydrogen-bond acceptors (Lipinski definition) is 1. The predicted octanol–water partition coefficient (Wildman–Crippen LogP) is 6.86. The highest BCUT2D eigenvalue weighted by atomic mass is 35.5. The molecule has 25 heavy (non-hydrogen) atoms. The highest BCUT2D eigenvalue weighted by Crippen LogP contribution is 2.41. The molecule has 1 aliphatic rings. The molecule has 2 unspecified atom stereocenters. The van der Waals surface area contributed by atoms with E-state index in [2.05, 4.69) is 48.6 Å². The first-order valence-electron chi connectivity index (χ1n) is 8.89. The fourth-order valence-electron chi connectivity index (χ4n) is 2.56. The lowest BCUT2D eigenvalue weighted by Crippen LogP contribution is -1.89. The molecule has 0 bridgehead atoms. The summed E-state index contributed by atoms with van der Waals surface area (Å²) in [5.74, 6) is 1.49. The summed E-state index contributed by atoms with van der Waals surface area (Å²) >= 11 is 11.2. The number of allylic oxidation sites excluding steroid dienone is 1. The van der Waals surface area contributed by atoms with E-state index in [1.54, 1.807) is 0 Å². The Hall–Kier alpha value is -1.28. The minimum absolute atomic E-state index is 0.337. The van der Waals surface area contributed by atoms with Crippen molar-refractivity contribution in [3.8, 4) is 0 Å². The molecular weight excluding hydrogens is 351 g/mol. The molecule has 2 aromatic rings. The van der Waals surface area contributed by atoms with Crippen LogP contribution in [0.4, 0.5) is 0 Å². The summed E-state index contributed by atoms with van der Waals surface area (Å²) in [5, 5.41) is 0. The monoisotopic (exact) mass is 376 g/mol. The van der Waals surface area contributed by atoms with E-state index in [1.165, 1.54) is 11.1 Å². The van der Waals surface area contributed by atoms with Crippen LogP contribution in [0.15, 0.2) is 66.7 Å². The lowest BCUT2D eigenvalue weighted by atomic mass is 10.1. The minimum atomic E-state index is 0.337. The smallest absolute Gasteiger partial charge is 0.109 e. The summed E-state index contributed by atoms with van der Waals surface area (Å²) in [4.78, 5) is 0. The summed E-state index contributed by atoms with van der Waals surface area (Å²) in [6.07, 6.45) is 9.32. The van der Waals surface area contributed by atoms with E-state index in [4.69, 9.17) is 27.9 Å². The van der Waals surface area contributed by atoms with Gasteiger partial charge in [-0.15, -0.1) is 23.2 Å². The van der Waals surface area contributed by atoms with Gasteiger partial charge >= 0.3 is 0 Å². The molecule has 1 aliphatic heterocycles. The van der Waals surface area contributed by atoms with Gasteiger partial charge in [0.1, 0.15) is 6.10 Å². The first-order valence-corrected chi connectivity index (χ1v) is 9.96. The minimum Gasteiger partial charge on any atom is -0.365 e. The van der Waals surface area contributed by atoms with Crippen LogP contribution in [-0.2, 0) is 4.74 Å². The molecule has 1 saturated heterocycles. The third kappa shape index (κ3) is 8.09. The Morgan fingerprint density at radius 2 is 1.48 bits per heavy atom. The number of unbranched alkanes of at least 4 members (excludes halogenated alkanes) is 1. The summed E-state index contributed by atoms with van der Waals surface area (Å²) < 4.78 is 5.55. The van der Waals surface area contributed by atoms with Gasteiger partial charge in [-0.05, 0) is 36.8 Å². The van der Waals surface area contributed by atoms with Gasteiger partial charge in [-0.25, -0.2) is 0 Å². The fraction of sp³-hybridized carbons (Fsp3) is 0.364. The number of alkyl halides is 2. The van der Waals surface area contributed by atoms with Gasteiger partial charge in [0.15, 0.2) is 0 Å². The SMILES string of the molecule is ClCCC/C=C\c1ccccc1.ClCCCC1OC1c1ccccc1. The van der Waals surface area contributed by atoms with Gasteiger partial charge in [-0.2, -0.15) is 0 Å². The van der Waals surface area contributed by atoms with Crippen LogP contribution < -0.4 is 0 Å². The molecule has 134 valence electrons. The molecule has 0 amide bonds. The standard InChI is InChI=1S/C11H13ClO.C11H13Cl/c12-8-4-7-10-11(13-10)9-5-2-1-3-6-9;12-10-6-2-5-9-11-7-3-1-4-8-11/h1-3,5-6,10-11H,4,7-8H2;1,3-5,7-9H,2,6,10H2/b;9-5-. The third-order valence-electron chi connectivity index (χ3n) is 3.95. The van der Waals surface area contributed by atoms with Crippen LogP contribution >= 0.6 is 23.2 Å². The molecule has 0 aromatic heterocycles. The van der Waals surface area contributed by atoms with Crippen LogP contribution in [0.5, 0.6) is 0 Å². The molecule has 3 heteroatoms. The van der Waals surface area contributed by atoms with Crippen LogP contribution in [0.3, 0.4) is 0 Å². The van der Waals surface area contributed by atoms with Gasteiger partial charge in [0, 0.05) is 11.8 Å². The van der Waals surface area contributed by atoms with Crippen LogP contribution in [0.2, 0.25) is 0 Å². The Balaban J connectivity index is 0.000000181. The maximum atomic E-state index is 5.61. The lowest BCUT2D eigenvalue weighted by Gasteiger charge is -1.93. The number of epoxide rings is 1. The molecule has 0 aliphatic carbocycles. The van der Waals surface area contributed by atoms with Crippen molar-refractivity contribution in [2.24, 2.45) is 0 Å². The number of ether oxygens (including phenoxy) is 1. The topological polar surface area (TPSA) is 12.5 Å². The van der Waals surface area contributed by atoms with E-state index in [0.717, 1.165) is 37.4 Å². The normalized spacial score (nSPS) is 18.6. The fourth-order valence-corrected chi connectivity index (χ4v) is 2.86. The Morgan fingerprint density at radius 1 is 0.840 bits per heavy atom. The van der Waals surface area contributed by atoms with Crippen molar-refractivity contribution in [2.75, 3.05) is 11.8 Å². The zero-order valence-corrected chi connectivity index (χ0v) is 16.0. The van der Waals surface area contributed by atoms with Gasteiger partial charge in [-0.3, -0.25) is 0 Å². The number of halogens is 2. The van der Waals surface area contributed by atoms with Crippen LogP contribution in [0.1, 0.15) is 42.9 Å². The molecule has 0 saturated carbocycles. The average molecular weight is 377 g/mol. The molecule has 2 atom stereocenters. The molecule has 1 heterocycles. The van der Waals surface area contributed by atoms with Crippen molar-refractivity contribution >= 4 is 29.3 Å². The highest BCUT2D eigenvalue weighted by Gasteiger charge is 2.38. The zero-order chi connectivity index (χ0) is 17.7. The quantitative estimate of drug-likeness (QED) is 0.278. The van der Waals surface area contributed by atoms with Crippen molar-refractivity contribution in [1.82, 2.24) is 0 Å². The molecular formula is C22H26Cl2O. The first kappa shape index (κ1) is 20.0. The Bertz CT molecular complexity index is 598. The second-order valence-corrected chi connectivity index (χ2v) is 6.74. The number of rotatable bonds is 8. The van der Waals surface area contributed by atoms with Gasteiger partial charge < -0.3 is 4.74 Å². The first-order chi connectivity index (χ1) is 12.3. The van der Waals surface area contributed by atoms with Crippen LogP contribution in [0.25, 0.3) is 6.08 Å². The second-order valence-electron chi connectivity index (χ2n) is 5.98. The zero-order valence-electron chi connectivity index (χ0n) is 14.5. The molecule has 0 spiro atoms. The molecule has 1 nitrogen and oxygen atoms in total. The second kappa shape index (κ2) is 12.1. The third-order valence-corrected chi connectivity index (χ3v) is 4.48.